The van der Waals surface area contributed by atoms with Crippen molar-refractivity contribution >= 4 is 34.9 Å². The first-order valence-corrected chi connectivity index (χ1v) is 8.65. The molecule has 0 saturated heterocycles. The summed E-state index contributed by atoms with van der Waals surface area (Å²) in [6, 6.07) is 10.2. The van der Waals surface area contributed by atoms with Crippen molar-refractivity contribution in [2.24, 2.45) is 0 Å². The predicted molar refractivity (Wildman–Crippen MR) is 97.5 cm³/mol. The normalized spacial score (nSPS) is 13.2. The zero-order valence-corrected chi connectivity index (χ0v) is 14.8. The van der Waals surface area contributed by atoms with Gasteiger partial charge < -0.3 is 5.32 Å². The van der Waals surface area contributed by atoms with Gasteiger partial charge in [0, 0.05) is 23.6 Å². The number of aryl methyl sites for hydroxylation is 1. The summed E-state index contributed by atoms with van der Waals surface area (Å²) in [5.41, 5.74) is 1.65. The zero-order chi connectivity index (χ0) is 18.4. The molecule has 0 atom stereocenters. The Hall–Kier alpha value is -3.26. The molecule has 0 saturated carbocycles. The highest BCUT2D eigenvalue weighted by molar-refractivity contribution is 7.15. The lowest BCUT2D eigenvalue weighted by molar-refractivity contribution is 0.0693. The lowest BCUT2D eigenvalue weighted by Gasteiger charge is -2.03. The third kappa shape index (κ3) is 2.60. The standard InChI is InChI=1S/C18H14N4O3S/c1-9-3-6-14(26-9)13-8-15(21-20-13)19-16(23)10-4-5-11-12(7-10)18(25)22(2)17(11)24/h3-8H,1-2H3,(H2,19,20,21,23). The Morgan fingerprint density at radius 2 is 1.88 bits per heavy atom. The molecular formula is C18H14N4O3S. The number of carbonyl (C=O) groups is 3. The number of anilines is 1. The number of aromatic nitrogens is 2. The Morgan fingerprint density at radius 3 is 2.62 bits per heavy atom. The van der Waals surface area contributed by atoms with Gasteiger partial charge in [0.25, 0.3) is 17.7 Å². The second-order valence-electron chi connectivity index (χ2n) is 5.96. The van der Waals surface area contributed by atoms with Crippen LogP contribution < -0.4 is 5.32 Å². The number of fused-ring (bicyclic) bond motifs is 1. The van der Waals surface area contributed by atoms with E-state index >= 15 is 0 Å². The number of aromatic amines is 1. The fourth-order valence-electron chi connectivity index (χ4n) is 2.78. The molecule has 4 rings (SSSR count). The summed E-state index contributed by atoms with van der Waals surface area (Å²) >= 11 is 1.63. The molecule has 0 fully saturated rings. The Labute approximate surface area is 152 Å². The van der Waals surface area contributed by atoms with E-state index < -0.39 is 11.8 Å². The SMILES string of the molecule is Cc1ccc(-c2cc(NC(=O)c3ccc4c(c3)C(=O)N(C)C4=O)n[nH]2)s1. The van der Waals surface area contributed by atoms with E-state index in [4.69, 9.17) is 0 Å². The molecule has 7 nitrogen and oxygen atoms in total. The van der Waals surface area contributed by atoms with Gasteiger partial charge in [0.05, 0.1) is 21.7 Å². The van der Waals surface area contributed by atoms with Crippen LogP contribution in [0.4, 0.5) is 5.82 Å². The number of H-pyrrole nitrogens is 1. The van der Waals surface area contributed by atoms with E-state index in [0.29, 0.717) is 11.4 Å². The maximum Gasteiger partial charge on any atom is 0.261 e. The monoisotopic (exact) mass is 366 g/mol. The topological polar surface area (TPSA) is 95.2 Å². The van der Waals surface area contributed by atoms with Crippen molar-refractivity contribution in [3.63, 3.8) is 0 Å². The van der Waals surface area contributed by atoms with Gasteiger partial charge in [-0.1, -0.05) is 0 Å². The second kappa shape index (κ2) is 5.92. The van der Waals surface area contributed by atoms with Crippen LogP contribution in [0.3, 0.4) is 0 Å². The van der Waals surface area contributed by atoms with Gasteiger partial charge in [0.1, 0.15) is 0 Å². The first-order valence-electron chi connectivity index (χ1n) is 7.84. The van der Waals surface area contributed by atoms with Crippen LogP contribution in [-0.4, -0.2) is 39.9 Å². The molecule has 0 radical (unpaired) electrons. The molecular weight excluding hydrogens is 352 g/mol. The third-order valence-corrected chi connectivity index (χ3v) is 5.21. The number of imide groups is 1. The number of thiophene rings is 1. The molecule has 3 heterocycles. The Morgan fingerprint density at radius 1 is 1.12 bits per heavy atom. The van der Waals surface area contributed by atoms with Crippen molar-refractivity contribution in [3.8, 4) is 10.6 Å². The lowest BCUT2D eigenvalue weighted by atomic mass is 10.1. The zero-order valence-electron chi connectivity index (χ0n) is 14.0. The smallest absolute Gasteiger partial charge is 0.261 e. The number of amides is 3. The number of rotatable bonds is 3. The molecule has 2 N–H and O–H groups in total. The highest BCUT2D eigenvalue weighted by Crippen LogP contribution is 2.28. The largest absolute Gasteiger partial charge is 0.305 e. The summed E-state index contributed by atoms with van der Waals surface area (Å²) in [5.74, 6) is -0.783. The van der Waals surface area contributed by atoms with E-state index in [1.165, 1.54) is 30.1 Å². The van der Waals surface area contributed by atoms with Gasteiger partial charge >= 0.3 is 0 Å². The van der Waals surface area contributed by atoms with Crippen LogP contribution in [0.15, 0.2) is 36.4 Å². The van der Waals surface area contributed by atoms with Gasteiger partial charge in [-0.05, 0) is 37.3 Å². The highest BCUT2D eigenvalue weighted by Gasteiger charge is 2.33. The van der Waals surface area contributed by atoms with Crippen molar-refractivity contribution in [3.05, 3.63) is 58.0 Å². The number of carbonyl (C=O) groups excluding carboxylic acids is 3. The van der Waals surface area contributed by atoms with Gasteiger partial charge in [0.2, 0.25) is 0 Å². The van der Waals surface area contributed by atoms with Crippen molar-refractivity contribution in [2.45, 2.75) is 6.92 Å². The number of nitrogens with one attached hydrogen (secondary N) is 2. The molecule has 1 aliphatic heterocycles. The van der Waals surface area contributed by atoms with Gasteiger partial charge in [-0.15, -0.1) is 11.3 Å². The molecule has 0 aliphatic carbocycles. The van der Waals surface area contributed by atoms with Crippen LogP contribution in [0.25, 0.3) is 10.6 Å². The summed E-state index contributed by atoms with van der Waals surface area (Å²) in [6.07, 6.45) is 0. The summed E-state index contributed by atoms with van der Waals surface area (Å²) in [7, 11) is 1.42. The van der Waals surface area contributed by atoms with Crippen molar-refractivity contribution in [2.75, 3.05) is 12.4 Å². The van der Waals surface area contributed by atoms with Gasteiger partial charge in [-0.2, -0.15) is 5.10 Å². The molecule has 0 unspecified atom stereocenters. The molecule has 130 valence electrons. The van der Waals surface area contributed by atoms with E-state index in [9.17, 15) is 14.4 Å². The van der Waals surface area contributed by atoms with Gasteiger partial charge in [-0.3, -0.25) is 24.4 Å². The molecule has 0 bridgehead atoms. The molecule has 26 heavy (non-hydrogen) atoms. The Bertz CT molecular complexity index is 1070. The molecule has 1 aliphatic rings. The quantitative estimate of drug-likeness (QED) is 0.697. The van der Waals surface area contributed by atoms with Gasteiger partial charge in [0.15, 0.2) is 5.82 Å². The van der Waals surface area contributed by atoms with Crippen LogP contribution >= 0.6 is 11.3 Å². The van der Waals surface area contributed by atoms with Crippen LogP contribution in [0, 0.1) is 6.92 Å². The van der Waals surface area contributed by atoms with E-state index in [1.807, 2.05) is 19.1 Å². The van der Waals surface area contributed by atoms with Gasteiger partial charge in [-0.25, -0.2) is 0 Å². The molecule has 3 amide bonds. The average Bonchev–Trinajstić information content (AvgIpc) is 3.32. The Kier molecular flexibility index (Phi) is 3.69. The first-order chi connectivity index (χ1) is 12.4. The molecule has 8 heteroatoms. The first kappa shape index (κ1) is 16.2. The van der Waals surface area contributed by atoms with Crippen LogP contribution in [0.5, 0.6) is 0 Å². The van der Waals surface area contributed by atoms with Crippen molar-refractivity contribution < 1.29 is 14.4 Å². The molecule has 2 aromatic heterocycles. The number of hydrogen-bond acceptors (Lipinski definition) is 5. The van der Waals surface area contributed by atoms with Crippen molar-refractivity contribution in [1.82, 2.24) is 15.1 Å². The number of nitrogens with zero attached hydrogens (tertiary/aromatic N) is 2. The van der Waals surface area contributed by atoms with Crippen molar-refractivity contribution in [1.29, 1.82) is 0 Å². The highest BCUT2D eigenvalue weighted by atomic mass is 32.1. The summed E-state index contributed by atoms with van der Waals surface area (Å²) < 4.78 is 0. The number of benzene rings is 1. The van der Waals surface area contributed by atoms with E-state index in [-0.39, 0.29) is 17.0 Å². The summed E-state index contributed by atoms with van der Waals surface area (Å²) in [6.45, 7) is 2.02. The van der Waals surface area contributed by atoms with E-state index in [0.717, 1.165) is 15.5 Å². The summed E-state index contributed by atoms with van der Waals surface area (Å²) in [5, 5.41) is 9.69. The second-order valence-corrected chi connectivity index (χ2v) is 7.25. The maximum absolute atomic E-state index is 12.5. The van der Waals surface area contributed by atoms with E-state index in [2.05, 4.69) is 15.5 Å². The van der Waals surface area contributed by atoms with Crippen LogP contribution in [-0.2, 0) is 0 Å². The Balaban J connectivity index is 1.56. The predicted octanol–water partition coefficient (Wildman–Crippen LogP) is 2.92. The van der Waals surface area contributed by atoms with Crippen LogP contribution in [0.2, 0.25) is 0 Å². The molecule has 0 spiro atoms. The lowest BCUT2D eigenvalue weighted by Crippen LogP contribution is -2.24. The average molecular weight is 366 g/mol. The minimum Gasteiger partial charge on any atom is -0.305 e. The number of hydrogen-bond donors (Lipinski definition) is 2. The fourth-order valence-corrected chi connectivity index (χ4v) is 3.62. The minimum atomic E-state index is -0.408. The summed E-state index contributed by atoms with van der Waals surface area (Å²) in [4.78, 5) is 39.7. The fraction of sp³-hybridized carbons (Fsp3) is 0.111. The maximum atomic E-state index is 12.5. The van der Waals surface area contributed by atoms with E-state index in [1.54, 1.807) is 17.4 Å². The molecule has 3 aromatic rings. The minimum absolute atomic E-state index is 0.238. The third-order valence-electron chi connectivity index (χ3n) is 4.18. The molecule has 1 aromatic carbocycles. The van der Waals surface area contributed by atoms with Crippen LogP contribution in [0.1, 0.15) is 36.0 Å².